The van der Waals surface area contributed by atoms with Gasteiger partial charge < -0.3 is 4.90 Å². The number of alkyl halides is 1. The van der Waals surface area contributed by atoms with E-state index in [0.717, 1.165) is 16.8 Å². The van der Waals surface area contributed by atoms with Gasteiger partial charge in [-0.25, -0.2) is 4.98 Å². The number of aryl methyl sites for hydroxylation is 1. The Morgan fingerprint density at radius 3 is 3.00 bits per heavy atom. The van der Waals surface area contributed by atoms with E-state index >= 15 is 0 Å². The molecule has 0 amide bonds. The molecule has 2 heterocycles. The van der Waals surface area contributed by atoms with Crippen LogP contribution in [0.3, 0.4) is 0 Å². The second-order valence-electron chi connectivity index (χ2n) is 3.84. The van der Waals surface area contributed by atoms with Crippen LogP contribution in [0.1, 0.15) is 12.6 Å². The Morgan fingerprint density at radius 1 is 1.56 bits per heavy atom. The molecule has 0 aromatic carbocycles. The van der Waals surface area contributed by atoms with Gasteiger partial charge in [0.25, 0.3) is 5.78 Å². The summed E-state index contributed by atoms with van der Waals surface area (Å²) in [7, 11) is 2.04. The predicted octanol–water partition coefficient (Wildman–Crippen LogP) is 1.65. The summed E-state index contributed by atoms with van der Waals surface area (Å²) in [5.41, 5.74) is 0.948. The predicted molar refractivity (Wildman–Crippen MR) is 67.2 cm³/mol. The standard InChI is InChI=1S/C10H14BrN5/c1-7-4-9(15(3)8(2)5-11)16-10(14-7)12-6-13-16/h4,6,8H,5H2,1-3H3. The van der Waals surface area contributed by atoms with Crippen molar-refractivity contribution in [3.63, 3.8) is 0 Å². The van der Waals surface area contributed by atoms with Crippen molar-refractivity contribution in [1.82, 2.24) is 19.6 Å². The minimum absolute atomic E-state index is 0.384. The number of halogens is 1. The van der Waals surface area contributed by atoms with Gasteiger partial charge in [0, 0.05) is 30.2 Å². The van der Waals surface area contributed by atoms with Crippen molar-refractivity contribution >= 4 is 27.5 Å². The molecule has 5 nitrogen and oxygen atoms in total. The van der Waals surface area contributed by atoms with Crippen LogP contribution < -0.4 is 4.90 Å². The second kappa shape index (κ2) is 4.37. The molecule has 0 fully saturated rings. The zero-order valence-corrected chi connectivity index (χ0v) is 11.1. The van der Waals surface area contributed by atoms with Gasteiger partial charge >= 0.3 is 0 Å². The number of hydrogen-bond acceptors (Lipinski definition) is 4. The lowest BCUT2D eigenvalue weighted by Crippen LogP contribution is -2.32. The van der Waals surface area contributed by atoms with E-state index < -0.39 is 0 Å². The fourth-order valence-corrected chi connectivity index (χ4v) is 1.93. The molecule has 0 spiro atoms. The highest BCUT2D eigenvalue weighted by Crippen LogP contribution is 2.17. The molecular weight excluding hydrogens is 270 g/mol. The molecule has 1 atom stereocenters. The lowest BCUT2D eigenvalue weighted by atomic mass is 10.3. The molecule has 2 aromatic rings. The van der Waals surface area contributed by atoms with Crippen LogP contribution >= 0.6 is 15.9 Å². The average molecular weight is 284 g/mol. The minimum Gasteiger partial charge on any atom is -0.356 e. The van der Waals surface area contributed by atoms with Crippen molar-refractivity contribution < 1.29 is 0 Å². The van der Waals surface area contributed by atoms with E-state index in [2.05, 4.69) is 42.8 Å². The normalized spacial score (nSPS) is 13.0. The lowest BCUT2D eigenvalue weighted by Gasteiger charge is -2.25. The molecule has 6 heteroatoms. The molecule has 0 aliphatic heterocycles. The van der Waals surface area contributed by atoms with Crippen LogP contribution in [-0.2, 0) is 0 Å². The summed E-state index contributed by atoms with van der Waals surface area (Å²) in [6, 6.07) is 2.40. The summed E-state index contributed by atoms with van der Waals surface area (Å²) in [6.45, 7) is 4.11. The van der Waals surface area contributed by atoms with Gasteiger partial charge in [-0.3, -0.25) is 0 Å². The average Bonchev–Trinajstić information content (AvgIpc) is 2.73. The van der Waals surface area contributed by atoms with E-state index in [9.17, 15) is 0 Å². The monoisotopic (exact) mass is 283 g/mol. The molecule has 2 aromatic heterocycles. The molecule has 0 aliphatic carbocycles. The van der Waals surface area contributed by atoms with E-state index in [1.54, 1.807) is 4.52 Å². The van der Waals surface area contributed by atoms with Gasteiger partial charge in [-0.2, -0.15) is 14.6 Å². The fraction of sp³-hybridized carbons (Fsp3) is 0.500. The molecule has 1 unspecified atom stereocenters. The topological polar surface area (TPSA) is 46.3 Å². The van der Waals surface area contributed by atoms with Crippen LogP contribution in [0.2, 0.25) is 0 Å². The van der Waals surface area contributed by atoms with Crippen LogP contribution in [0.15, 0.2) is 12.4 Å². The van der Waals surface area contributed by atoms with Crippen LogP contribution in [0.5, 0.6) is 0 Å². The number of nitrogens with zero attached hydrogens (tertiary/aromatic N) is 5. The summed E-state index contributed by atoms with van der Waals surface area (Å²) in [4.78, 5) is 10.6. The Balaban J connectivity index is 2.53. The van der Waals surface area contributed by atoms with Crippen LogP contribution in [0, 0.1) is 6.92 Å². The Bertz CT molecular complexity index is 495. The first-order valence-electron chi connectivity index (χ1n) is 5.09. The number of fused-ring (bicyclic) bond motifs is 1. The fourth-order valence-electron chi connectivity index (χ4n) is 1.49. The highest BCUT2D eigenvalue weighted by molar-refractivity contribution is 9.09. The quantitative estimate of drug-likeness (QED) is 0.804. The SMILES string of the molecule is Cc1cc(N(C)C(C)CBr)n2ncnc2n1. The van der Waals surface area contributed by atoms with Crippen molar-refractivity contribution in [2.45, 2.75) is 19.9 Å². The zero-order valence-electron chi connectivity index (χ0n) is 9.55. The lowest BCUT2D eigenvalue weighted by molar-refractivity contribution is 0.733. The largest absolute Gasteiger partial charge is 0.356 e. The molecule has 0 radical (unpaired) electrons. The second-order valence-corrected chi connectivity index (χ2v) is 4.49. The Kier molecular flexibility index (Phi) is 3.09. The van der Waals surface area contributed by atoms with E-state index in [1.807, 2.05) is 20.0 Å². The Hall–Kier alpha value is -1.17. The van der Waals surface area contributed by atoms with Gasteiger partial charge in [-0.05, 0) is 13.8 Å². The third kappa shape index (κ3) is 1.89. The number of anilines is 1. The molecular formula is C10H14BrN5. The first-order valence-corrected chi connectivity index (χ1v) is 6.22. The Morgan fingerprint density at radius 2 is 2.31 bits per heavy atom. The molecule has 86 valence electrons. The van der Waals surface area contributed by atoms with Crippen molar-refractivity contribution in [3.8, 4) is 0 Å². The minimum atomic E-state index is 0.384. The molecule has 0 aliphatic rings. The number of hydrogen-bond donors (Lipinski definition) is 0. The summed E-state index contributed by atoms with van der Waals surface area (Å²) in [5, 5.41) is 5.09. The van der Waals surface area contributed by atoms with Gasteiger partial charge in [0.2, 0.25) is 0 Å². The number of aromatic nitrogens is 4. The molecule has 0 saturated heterocycles. The summed E-state index contributed by atoms with van der Waals surface area (Å²) < 4.78 is 1.76. The van der Waals surface area contributed by atoms with E-state index in [0.29, 0.717) is 11.8 Å². The van der Waals surface area contributed by atoms with Gasteiger partial charge in [-0.15, -0.1) is 0 Å². The highest BCUT2D eigenvalue weighted by Gasteiger charge is 2.14. The van der Waals surface area contributed by atoms with Crippen molar-refractivity contribution in [2.75, 3.05) is 17.3 Å². The van der Waals surface area contributed by atoms with E-state index in [-0.39, 0.29) is 0 Å². The third-order valence-electron chi connectivity index (χ3n) is 2.61. The van der Waals surface area contributed by atoms with Crippen molar-refractivity contribution in [2.24, 2.45) is 0 Å². The van der Waals surface area contributed by atoms with Crippen molar-refractivity contribution in [3.05, 3.63) is 18.1 Å². The molecule has 0 bridgehead atoms. The summed E-state index contributed by atoms with van der Waals surface area (Å²) in [5.74, 6) is 1.65. The first kappa shape index (κ1) is 11.3. The third-order valence-corrected chi connectivity index (χ3v) is 3.54. The first-order chi connectivity index (χ1) is 7.63. The smallest absolute Gasteiger partial charge is 0.254 e. The summed E-state index contributed by atoms with van der Waals surface area (Å²) in [6.07, 6.45) is 1.53. The van der Waals surface area contributed by atoms with Gasteiger partial charge in [0.15, 0.2) is 0 Å². The number of rotatable bonds is 3. The molecule has 2 rings (SSSR count). The van der Waals surface area contributed by atoms with Gasteiger partial charge in [0.1, 0.15) is 12.1 Å². The van der Waals surface area contributed by atoms with Crippen molar-refractivity contribution in [1.29, 1.82) is 0 Å². The van der Waals surface area contributed by atoms with Crippen LogP contribution in [0.4, 0.5) is 5.82 Å². The van der Waals surface area contributed by atoms with E-state index in [1.165, 1.54) is 6.33 Å². The van der Waals surface area contributed by atoms with E-state index in [4.69, 9.17) is 0 Å². The zero-order chi connectivity index (χ0) is 11.7. The highest BCUT2D eigenvalue weighted by atomic mass is 79.9. The molecule has 0 N–H and O–H groups in total. The molecule has 0 saturated carbocycles. The van der Waals surface area contributed by atoms with Crippen LogP contribution in [0.25, 0.3) is 5.78 Å². The Labute approximate surface area is 103 Å². The summed E-state index contributed by atoms with van der Waals surface area (Å²) >= 11 is 3.48. The van der Waals surface area contributed by atoms with Gasteiger partial charge in [-0.1, -0.05) is 15.9 Å². The maximum absolute atomic E-state index is 4.31. The maximum atomic E-state index is 4.31. The maximum Gasteiger partial charge on any atom is 0.254 e. The van der Waals surface area contributed by atoms with Crippen LogP contribution in [-0.4, -0.2) is 38.0 Å². The molecule has 16 heavy (non-hydrogen) atoms. The van der Waals surface area contributed by atoms with Gasteiger partial charge in [0.05, 0.1) is 0 Å².